The quantitative estimate of drug-likeness (QED) is 0.796. The Bertz CT molecular complexity index is 642. The van der Waals surface area contributed by atoms with Crippen LogP contribution in [0.4, 0.5) is 5.69 Å². The lowest BCUT2D eigenvalue weighted by molar-refractivity contribution is -0.112. The number of rotatable bonds is 4. The van der Waals surface area contributed by atoms with Gasteiger partial charge in [-0.25, -0.2) is 0 Å². The largest absolute Gasteiger partial charge is 0.322 e. The smallest absolute Gasteiger partial charge is 0.251 e. The molecule has 2 rings (SSSR count). The molecule has 0 spiro atoms. The predicted molar refractivity (Wildman–Crippen MR) is 89.3 cm³/mol. The first-order valence-electron chi connectivity index (χ1n) is 7.21. The van der Waals surface area contributed by atoms with Gasteiger partial charge in [-0.2, -0.15) is 0 Å². The second kappa shape index (κ2) is 6.89. The van der Waals surface area contributed by atoms with Crippen molar-refractivity contribution in [3.05, 3.63) is 71.3 Å². The fourth-order valence-corrected chi connectivity index (χ4v) is 2.20. The highest BCUT2D eigenvalue weighted by Crippen LogP contribution is 2.24. The molecule has 21 heavy (non-hydrogen) atoms. The molecular formula is C19H21NO. The van der Waals surface area contributed by atoms with Crippen LogP contribution in [0.15, 0.2) is 60.2 Å². The van der Waals surface area contributed by atoms with Crippen molar-refractivity contribution in [3.63, 3.8) is 0 Å². The second-order valence-electron chi connectivity index (χ2n) is 5.43. The van der Waals surface area contributed by atoms with Gasteiger partial charge in [-0.1, -0.05) is 62.4 Å². The Labute approximate surface area is 126 Å². The highest BCUT2D eigenvalue weighted by Gasteiger charge is 2.10. The number of hydrogen-bond acceptors (Lipinski definition) is 1. The molecule has 0 aliphatic heterocycles. The lowest BCUT2D eigenvalue weighted by Gasteiger charge is -2.13. The molecular weight excluding hydrogens is 258 g/mol. The molecule has 108 valence electrons. The van der Waals surface area contributed by atoms with E-state index in [-0.39, 0.29) is 5.91 Å². The van der Waals surface area contributed by atoms with Gasteiger partial charge in [0.1, 0.15) is 0 Å². The molecule has 0 heterocycles. The summed E-state index contributed by atoms with van der Waals surface area (Å²) in [5.74, 6) is 0.312. The predicted octanol–water partition coefficient (Wildman–Crippen LogP) is 4.85. The Morgan fingerprint density at radius 1 is 1.00 bits per heavy atom. The van der Waals surface area contributed by atoms with Crippen molar-refractivity contribution >= 4 is 17.7 Å². The van der Waals surface area contributed by atoms with Gasteiger partial charge in [-0.15, -0.1) is 0 Å². The number of hydrogen-bond donors (Lipinski definition) is 1. The number of carbonyl (C=O) groups is 1. The first kappa shape index (κ1) is 15.0. The third-order valence-corrected chi connectivity index (χ3v) is 3.37. The molecule has 0 fully saturated rings. The molecule has 0 saturated carbocycles. The van der Waals surface area contributed by atoms with Crippen LogP contribution in [0.25, 0.3) is 6.08 Å². The number of benzene rings is 2. The Morgan fingerprint density at radius 2 is 1.62 bits per heavy atom. The summed E-state index contributed by atoms with van der Waals surface area (Å²) in [5.41, 5.74) is 3.76. The van der Waals surface area contributed by atoms with Crippen LogP contribution in [0.1, 0.15) is 37.8 Å². The molecule has 0 unspecified atom stereocenters. The fourth-order valence-electron chi connectivity index (χ4n) is 2.20. The number of amides is 1. The van der Waals surface area contributed by atoms with Gasteiger partial charge in [-0.05, 0) is 36.1 Å². The molecule has 0 aromatic heterocycles. The average Bonchev–Trinajstić information content (AvgIpc) is 2.48. The summed E-state index contributed by atoms with van der Waals surface area (Å²) in [5, 5.41) is 3.00. The van der Waals surface area contributed by atoms with Crippen molar-refractivity contribution in [1.82, 2.24) is 0 Å². The third kappa shape index (κ3) is 4.06. The maximum Gasteiger partial charge on any atom is 0.251 e. The normalized spacial score (nSPS) is 11.5. The first-order chi connectivity index (χ1) is 10.1. The van der Waals surface area contributed by atoms with E-state index in [1.54, 1.807) is 0 Å². The SMILES string of the molecule is CC(=Cc1ccccc1)C(=O)Nc1ccccc1C(C)C. The molecule has 0 aliphatic carbocycles. The molecule has 1 N–H and O–H groups in total. The van der Waals surface area contributed by atoms with Crippen LogP contribution in [-0.4, -0.2) is 5.91 Å². The first-order valence-corrected chi connectivity index (χ1v) is 7.21. The van der Waals surface area contributed by atoms with E-state index in [1.807, 2.05) is 61.5 Å². The minimum Gasteiger partial charge on any atom is -0.322 e. The van der Waals surface area contributed by atoms with Gasteiger partial charge in [0.05, 0.1) is 0 Å². The number of para-hydroxylation sites is 1. The van der Waals surface area contributed by atoms with Gasteiger partial charge < -0.3 is 5.32 Å². The maximum atomic E-state index is 12.3. The minimum absolute atomic E-state index is 0.0630. The summed E-state index contributed by atoms with van der Waals surface area (Å²) in [6.07, 6.45) is 1.90. The molecule has 0 aliphatic rings. The zero-order chi connectivity index (χ0) is 15.2. The van der Waals surface area contributed by atoms with E-state index in [1.165, 1.54) is 0 Å². The molecule has 2 aromatic rings. The molecule has 1 amide bonds. The third-order valence-electron chi connectivity index (χ3n) is 3.37. The number of nitrogens with one attached hydrogen (secondary N) is 1. The van der Waals surface area contributed by atoms with Crippen molar-refractivity contribution in [2.45, 2.75) is 26.7 Å². The van der Waals surface area contributed by atoms with Crippen LogP contribution >= 0.6 is 0 Å². The lowest BCUT2D eigenvalue weighted by Crippen LogP contribution is -2.14. The fraction of sp³-hybridized carbons (Fsp3) is 0.211. The summed E-state index contributed by atoms with van der Waals surface area (Å²) in [4.78, 5) is 12.3. The summed E-state index contributed by atoms with van der Waals surface area (Å²) < 4.78 is 0. The Kier molecular flexibility index (Phi) is 4.94. The molecule has 2 aromatic carbocycles. The summed E-state index contributed by atoms with van der Waals surface area (Å²) in [6.45, 7) is 6.08. The molecule has 0 atom stereocenters. The van der Waals surface area contributed by atoms with Crippen LogP contribution < -0.4 is 5.32 Å². The molecule has 0 radical (unpaired) electrons. The van der Waals surface area contributed by atoms with Gasteiger partial charge in [0.25, 0.3) is 5.91 Å². The van der Waals surface area contributed by atoms with E-state index in [2.05, 4.69) is 25.2 Å². The van der Waals surface area contributed by atoms with Crippen LogP contribution in [-0.2, 0) is 4.79 Å². The second-order valence-corrected chi connectivity index (χ2v) is 5.43. The summed E-state index contributed by atoms with van der Waals surface area (Å²) in [6, 6.07) is 17.8. The van der Waals surface area contributed by atoms with Gasteiger partial charge >= 0.3 is 0 Å². The van der Waals surface area contributed by atoms with Crippen molar-refractivity contribution < 1.29 is 4.79 Å². The Balaban J connectivity index is 2.17. The minimum atomic E-state index is -0.0630. The molecule has 2 heteroatoms. The standard InChI is InChI=1S/C19H21NO/c1-14(2)17-11-7-8-12-18(17)20-19(21)15(3)13-16-9-5-4-6-10-16/h4-14H,1-3H3,(H,20,21). The van der Waals surface area contributed by atoms with Crippen molar-refractivity contribution in [2.75, 3.05) is 5.32 Å². The highest BCUT2D eigenvalue weighted by molar-refractivity contribution is 6.06. The van der Waals surface area contributed by atoms with E-state index < -0.39 is 0 Å². The number of carbonyl (C=O) groups excluding carboxylic acids is 1. The van der Waals surface area contributed by atoms with Crippen LogP contribution in [0.5, 0.6) is 0 Å². The van der Waals surface area contributed by atoms with Crippen molar-refractivity contribution in [1.29, 1.82) is 0 Å². The van der Waals surface area contributed by atoms with E-state index in [0.29, 0.717) is 11.5 Å². The summed E-state index contributed by atoms with van der Waals surface area (Å²) in [7, 11) is 0. The van der Waals surface area contributed by atoms with E-state index in [0.717, 1.165) is 16.8 Å². The van der Waals surface area contributed by atoms with E-state index >= 15 is 0 Å². The zero-order valence-corrected chi connectivity index (χ0v) is 12.8. The maximum absolute atomic E-state index is 12.3. The van der Waals surface area contributed by atoms with E-state index in [4.69, 9.17) is 0 Å². The lowest BCUT2D eigenvalue weighted by atomic mass is 10.0. The molecule has 0 saturated heterocycles. The Morgan fingerprint density at radius 3 is 2.29 bits per heavy atom. The Hall–Kier alpha value is -2.35. The van der Waals surface area contributed by atoms with Gasteiger partial charge in [0.2, 0.25) is 0 Å². The summed E-state index contributed by atoms with van der Waals surface area (Å²) >= 11 is 0. The van der Waals surface area contributed by atoms with E-state index in [9.17, 15) is 4.79 Å². The van der Waals surface area contributed by atoms with Crippen molar-refractivity contribution in [2.24, 2.45) is 0 Å². The number of anilines is 1. The van der Waals surface area contributed by atoms with Crippen LogP contribution in [0, 0.1) is 0 Å². The van der Waals surface area contributed by atoms with Gasteiger partial charge in [-0.3, -0.25) is 4.79 Å². The zero-order valence-electron chi connectivity index (χ0n) is 12.8. The topological polar surface area (TPSA) is 29.1 Å². The average molecular weight is 279 g/mol. The molecule has 2 nitrogen and oxygen atoms in total. The molecule has 0 bridgehead atoms. The highest BCUT2D eigenvalue weighted by atomic mass is 16.1. The van der Waals surface area contributed by atoms with Crippen LogP contribution in [0.2, 0.25) is 0 Å². The van der Waals surface area contributed by atoms with Gasteiger partial charge in [0, 0.05) is 11.3 Å². The van der Waals surface area contributed by atoms with Crippen LogP contribution in [0.3, 0.4) is 0 Å². The van der Waals surface area contributed by atoms with Gasteiger partial charge in [0.15, 0.2) is 0 Å². The van der Waals surface area contributed by atoms with Crippen molar-refractivity contribution in [3.8, 4) is 0 Å². The monoisotopic (exact) mass is 279 g/mol.